The summed E-state index contributed by atoms with van der Waals surface area (Å²) in [4.78, 5) is 0. The highest BCUT2D eigenvalue weighted by Crippen LogP contribution is 2.38. The van der Waals surface area contributed by atoms with Crippen molar-refractivity contribution in [2.75, 3.05) is 5.73 Å². The Morgan fingerprint density at radius 1 is 1.44 bits per heavy atom. The second kappa shape index (κ2) is 4.78. The summed E-state index contributed by atoms with van der Waals surface area (Å²) in [5, 5.41) is 4.58. The molecule has 0 aromatic carbocycles. The van der Waals surface area contributed by atoms with E-state index < -0.39 is 0 Å². The first-order valence-electron chi connectivity index (χ1n) is 6.15. The van der Waals surface area contributed by atoms with Gasteiger partial charge in [0, 0.05) is 0 Å². The first-order chi connectivity index (χ1) is 7.65. The second-order valence-electron chi connectivity index (χ2n) is 4.75. The summed E-state index contributed by atoms with van der Waals surface area (Å²) in [5.41, 5.74) is 7.10. The number of nitrogens with zero attached hydrogens (tertiary/aromatic N) is 2. The zero-order valence-electron chi connectivity index (χ0n) is 10.0. The van der Waals surface area contributed by atoms with Gasteiger partial charge in [-0.3, -0.25) is 0 Å². The van der Waals surface area contributed by atoms with Crippen molar-refractivity contribution >= 4 is 21.7 Å². The highest BCUT2D eigenvalue weighted by Gasteiger charge is 2.28. The third-order valence-electron chi connectivity index (χ3n) is 3.75. The molecule has 1 aromatic rings. The number of hydrogen-bond donors (Lipinski definition) is 1. The molecule has 4 heteroatoms. The zero-order valence-corrected chi connectivity index (χ0v) is 11.6. The molecule has 1 aliphatic rings. The number of aryl methyl sites for hydroxylation is 1. The molecule has 0 saturated heterocycles. The summed E-state index contributed by atoms with van der Waals surface area (Å²) in [7, 11) is 0. The van der Waals surface area contributed by atoms with Crippen molar-refractivity contribution in [1.82, 2.24) is 9.78 Å². The Morgan fingerprint density at radius 3 is 2.69 bits per heavy atom. The molecule has 1 fully saturated rings. The third-order valence-corrected chi connectivity index (χ3v) is 4.73. The molecule has 2 N–H and O–H groups in total. The Hall–Kier alpha value is -0.510. The SMILES string of the molecule is CCC1CCCCC1n1nc(C)c(Br)c1N. The van der Waals surface area contributed by atoms with Crippen LogP contribution in [0, 0.1) is 12.8 Å². The Bertz CT molecular complexity index is 373. The summed E-state index contributed by atoms with van der Waals surface area (Å²) >= 11 is 3.50. The minimum absolute atomic E-state index is 0.503. The van der Waals surface area contributed by atoms with Crippen LogP contribution in [0.2, 0.25) is 0 Å². The van der Waals surface area contributed by atoms with Crippen LogP contribution in [0.3, 0.4) is 0 Å². The van der Waals surface area contributed by atoms with Crippen LogP contribution in [0.25, 0.3) is 0 Å². The fourth-order valence-corrected chi connectivity index (χ4v) is 3.05. The lowest BCUT2D eigenvalue weighted by atomic mass is 9.83. The number of aromatic nitrogens is 2. The maximum absolute atomic E-state index is 6.10. The van der Waals surface area contributed by atoms with Gasteiger partial charge in [0.1, 0.15) is 5.82 Å². The van der Waals surface area contributed by atoms with Gasteiger partial charge in [0.15, 0.2) is 0 Å². The fraction of sp³-hybridized carbons (Fsp3) is 0.750. The quantitative estimate of drug-likeness (QED) is 0.901. The number of anilines is 1. The lowest BCUT2D eigenvalue weighted by Gasteiger charge is -2.31. The van der Waals surface area contributed by atoms with Crippen LogP contribution in [0.15, 0.2) is 4.47 Å². The van der Waals surface area contributed by atoms with E-state index in [1.807, 2.05) is 11.6 Å². The Kier molecular flexibility index (Phi) is 3.57. The largest absolute Gasteiger partial charge is 0.383 e. The van der Waals surface area contributed by atoms with Crippen LogP contribution < -0.4 is 5.73 Å². The summed E-state index contributed by atoms with van der Waals surface area (Å²) in [5.74, 6) is 1.53. The van der Waals surface area contributed by atoms with Crippen molar-refractivity contribution in [3.8, 4) is 0 Å². The molecule has 1 aromatic heterocycles. The molecule has 3 nitrogen and oxygen atoms in total. The van der Waals surface area contributed by atoms with Gasteiger partial charge in [0.2, 0.25) is 0 Å². The number of halogens is 1. The van der Waals surface area contributed by atoms with Gasteiger partial charge in [-0.05, 0) is 41.6 Å². The van der Waals surface area contributed by atoms with Gasteiger partial charge < -0.3 is 5.73 Å². The molecule has 0 aliphatic heterocycles. The summed E-state index contributed by atoms with van der Waals surface area (Å²) in [6.07, 6.45) is 6.42. The third kappa shape index (κ3) is 1.99. The molecule has 2 atom stereocenters. The van der Waals surface area contributed by atoms with Crippen LogP contribution in [0.5, 0.6) is 0 Å². The average molecular weight is 286 g/mol. The van der Waals surface area contributed by atoms with Crippen LogP contribution in [0.4, 0.5) is 5.82 Å². The number of nitrogens with two attached hydrogens (primary N) is 1. The Labute approximate surface area is 106 Å². The van der Waals surface area contributed by atoms with Crippen LogP contribution in [-0.4, -0.2) is 9.78 Å². The molecule has 90 valence electrons. The summed E-state index contributed by atoms with van der Waals surface area (Å²) in [6.45, 7) is 4.27. The predicted octanol–water partition coefficient (Wildman–Crippen LogP) is 3.68. The van der Waals surface area contributed by atoms with Crippen LogP contribution in [0.1, 0.15) is 50.8 Å². The molecule has 0 bridgehead atoms. The van der Waals surface area contributed by atoms with Gasteiger partial charge in [0.05, 0.1) is 16.2 Å². The number of nitrogen functional groups attached to an aromatic ring is 1. The molecule has 16 heavy (non-hydrogen) atoms. The second-order valence-corrected chi connectivity index (χ2v) is 5.54. The molecule has 1 saturated carbocycles. The minimum atomic E-state index is 0.503. The van der Waals surface area contributed by atoms with E-state index in [1.54, 1.807) is 0 Å². The number of rotatable bonds is 2. The molecule has 1 aliphatic carbocycles. The Balaban J connectivity index is 2.30. The van der Waals surface area contributed by atoms with Gasteiger partial charge in [-0.1, -0.05) is 26.2 Å². The van der Waals surface area contributed by atoms with Crippen molar-refractivity contribution < 1.29 is 0 Å². The van der Waals surface area contributed by atoms with Gasteiger partial charge >= 0.3 is 0 Å². The fourth-order valence-electron chi connectivity index (χ4n) is 2.78. The molecule has 2 rings (SSSR count). The molecule has 0 spiro atoms. The minimum Gasteiger partial charge on any atom is -0.383 e. The maximum Gasteiger partial charge on any atom is 0.136 e. The molecule has 2 unspecified atom stereocenters. The lowest BCUT2D eigenvalue weighted by molar-refractivity contribution is 0.219. The molecular weight excluding hydrogens is 266 g/mol. The molecule has 1 heterocycles. The highest BCUT2D eigenvalue weighted by molar-refractivity contribution is 9.10. The van der Waals surface area contributed by atoms with E-state index in [2.05, 4.69) is 28.0 Å². The topological polar surface area (TPSA) is 43.8 Å². The van der Waals surface area contributed by atoms with E-state index >= 15 is 0 Å². The van der Waals surface area contributed by atoms with Crippen molar-refractivity contribution in [3.63, 3.8) is 0 Å². The van der Waals surface area contributed by atoms with Gasteiger partial charge in [-0.2, -0.15) is 5.10 Å². The summed E-state index contributed by atoms with van der Waals surface area (Å²) in [6, 6.07) is 0.503. The van der Waals surface area contributed by atoms with E-state index in [-0.39, 0.29) is 0 Å². The van der Waals surface area contributed by atoms with Crippen molar-refractivity contribution in [2.45, 2.75) is 52.0 Å². The van der Waals surface area contributed by atoms with Gasteiger partial charge in [-0.15, -0.1) is 0 Å². The zero-order chi connectivity index (χ0) is 11.7. The molecular formula is C12H20BrN3. The van der Waals surface area contributed by atoms with E-state index in [9.17, 15) is 0 Å². The smallest absolute Gasteiger partial charge is 0.136 e. The van der Waals surface area contributed by atoms with E-state index in [1.165, 1.54) is 32.1 Å². The van der Waals surface area contributed by atoms with Crippen molar-refractivity contribution in [3.05, 3.63) is 10.2 Å². The first-order valence-corrected chi connectivity index (χ1v) is 6.94. The van der Waals surface area contributed by atoms with Crippen molar-refractivity contribution in [1.29, 1.82) is 0 Å². The van der Waals surface area contributed by atoms with E-state index in [4.69, 9.17) is 5.73 Å². The van der Waals surface area contributed by atoms with Crippen LogP contribution in [-0.2, 0) is 0 Å². The predicted molar refractivity (Wildman–Crippen MR) is 70.4 cm³/mol. The van der Waals surface area contributed by atoms with Gasteiger partial charge in [-0.25, -0.2) is 4.68 Å². The van der Waals surface area contributed by atoms with Crippen LogP contribution >= 0.6 is 15.9 Å². The number of hydrogen-bond acceptors (Lipinski definition) is 2. The average Bonchev–Trinajstić information content (AvgIpc) is 2.57. The van der Waals surface area contributed by atoms with E-state index in [0.29, 0.717) is 6.04 Å². The van der Waals surface area contributed by atoms with Crippen molar-refractivity contribution in [2.24, 2.45) is 5.92 Å². The van der Waals surface area contributed by atoms with Gasteiger partial charge in [0.25, 0.3) is 0 Å². The van der Waals surface area contributed by atoms with E-state index in [0.717, 1.165) is 21.9 Å². The maximum atomic E-state index is 6.10. The monoisotopic (exact) mass is 285 g/mol. The molecule has 0 radical (unpaired) electrons. The highest BCUT2D eigenvalue weighted by atomic mass is 79.9. The normalized spacial score (nSPS) is 25.9. The molecule has 0 amide bonds. The Morgan fingerprint density at radius 2 is 2.12 bits per heavy atom. The summed E-state index contributed by atoms with van der Waals surface area (Å²) < 4.78 is 3.01. The lowest BCUT2D eigenvalue weighted by Crippen LogP contribution is -2.24. The standard InChI is InChI=1S/C12H20BrN3/c1-3-9-6-4-5-7-10(9)16-12(14)11(13)8(2)15-16/h9-10H,3-7,14H2,1-2H3. The first kappa shape index (κ1) is 12.0.